The highest BCUT2D eigenvalue weighted by molar-refractivity contribution is 5.96. The predicted molar refractivity (Wildman–Crippen MR) is 78.6 cm³/mol. The molecule has 96 valence electrons. The van der Waals surface area contributed by atoms with Gasteiger partial charge in [-0.25, -0.2) is 4.68 Å². The molecule has 0 spiro atoms. The van der Waals surface area contributed by atoms with Crippen LogP contribution in [0.1, 0.15) is 0 Å². The van der Waals surface area contributed by atoms with Crippen LogP contribution in [0.3, 0.4) is 0 Å². The van der Waals surface area contributed by atoms with Gasteiger partial charge in [-0.2, -0.15) is 0 Å². The summed E-state index contributed by atoms with van der Waals surface area (Å²) in [6.45, 7) is 0. The molecule has 2 aromatic heterocycles. The summed E-state index contributed by atoms with van der Waals surface area (Å²) >= 11 is 0. The average molecular weight is 261 g/mol. The van der Waals surface area contributed by atoms with E-state index in [0.29, 0.717) is 5.69 Å². The summed E-state index contributed by atoms with van der Waals surface area (Å²) in [5, 5.41) is 10.3. The number of nitrogens with two attached hydrogens (primary N) is 1. The molecule has 5 nitrogen and oxygen atoms in total. The van der Waals surface area contributed by atoms with Crippen molar-refractivity contribution in [1.29, 1.82) is 0 Å². The summed E-state index contributed by atoms with van der Waals surface area (Å²) in [6, 6.07) is 13.7. The topological polar surface area (TPSA) is 69.6 Å². The van der Waals surface area contributed by atoms with Gasteiger partial charge in [0.2, 0.25) is 0 Å². The van der Waals surface area contributed by atoms with E-state index in [9.17, 15) is 0 Å². The first-order chi connectivity index (χ1) is 9.84. The third-order valence-electron chi connectivity index (χ3n) is 3.42. The predicted octanol–water partition coefficient (Wildman–Crippen LogP) is 2.55. The Labute approximate surface area is 114 Å². The Morgan fingerprint density at radius 1 is 1.00 bits per heavy atom. The molecule has 0 atom stereocenters. The second-order valence-corrected chi connectivity index (χ2v) is 4.59. The van der Waals surface area contributed by atoms with E-state index in [2.05, 4.69) is 15.3 Å². The number of nitrogen functional groups attached to an aromatic ring is 1. The first kappa shape index (κ1) is 10.9. The minimum atomic E-state index is 0.681. The van der Waals surface area contributed by atoms with Crippen molar-refractivity contribution in [3.05, 3.63) is 54.9 Å². The molecule has 0 unspecified atom stereocenters. The molecular formula is C15H11N5. The van der Waals surface area contributed by atoms with Gasteiger partial charge in [0.05, 0.1) is 16.9 Å². The van der Waals surface area contributed by atoms with Crippen molar-refractivity contribution in [2.75, 3.05) is 5.73 Å². The maximum absolute atomic E-state index is 6.28. The Hall–Kier alpha value is -2.95. The van der Waals surface area contributed by atoms with E-state index in [0.717, 1.165) is 27.5 Å². The zero-order valence-electron chi connectivity index (χ0n) is 10.6. The summed E-state index contributed by atoms with van der Waals surface area (Å²) in [6.07, 6.45) is 3.54. The van der Waals surface area contributed by atoms with E-state index in [1.54, 1.807) is 17.1 Å². The van der Waals surface area contributed by atoms with Gasteiger partial charge in [-0.15, -0.1) is 5.10 Å². The van der Waals surface area contributed by atoms with Crippen molar-refractivity contribution >= 4 is 27.5 Å². The minimum absolute atomic E-state index is 0.681. The van der Waals surface area contributed by atoms with E-state index in [4.69, 9.17) is 5.73 Å². The van der Waals surface area contributed by atoms with Crippen molar-refractivity contribution < 1.29 is 0 Å². The number of nitrogens with zero attached hydrogens (tertiary/aromatic N) is 4. The Morgan fingerprint density at radius 3 is 2.85 bits per heavy atom. The molecule has 0 radical (unpaired) electrons. The van der Waals surface area contributed by atoms with Gasteiger partial charge in [-0.1, -0.05) is 23.4 Å². The van der Waals surface area contributed by atoms with Crippen LogP contribution >= 0.6 is 0 Å². The molecule has 2 heterocycles. The molecule has 0 amide bonds. The van der Waals surface area contributed by atoms with Crippen molar-refractivity contribution in [2.24, 2.45) is 0 Å². The summed E-state index contributed by atoms with van der Waals surface area (Å²) in [5.74, 6) is 0. The van der Waals surface area contributed by atoms with Gasteiger partial charge < -0.3 is 5.73 Å². The van der Waals surface area contributed by atoms with E-state index in [-0.39, 0.29) is 0 Å². The van der Waals surface area contributed by atoms with Crippen LogP contribution in [0.25, 0.3) is 27.5 Å². The quantitative estimate of drug-likeness (QED) is 0.534. The van der Waals surface area contributed by atoms with Crippen LogP contribution in [0.15, 0.2) is 54.9 Å². The smallest absolute Gasteiger partial charge is 0.113 e. The molecule has 4 rings (SSSR count). The molecule has 4 aromatic rings. The highest BCUT2D eigenvalue weighted by atomic mass is 15.4. The molecule has 20 heavy (non-hydrogen) atoms. The first-order valence-electron chi connectivity index (χ1n) is 6.27. The lowest BCUT2D eigenvalue weighted by molar-refractivity contribution is 0.826. The normalized spacial score (nSPS) is 11.2. The van der Waals surface area contributed by atoms with Crippen molar-refractivity contribution in [2.45, 2.75) is 0 Å². The van der Waals surface area contributed by atoms with Gasteiger partial charge in [-0.3, -0.25) is 4.98 Å². The lowest BCUT2D eigenvalue weighted by atomic mass is 10.1. The lowest BCUT2D eigenvalue weighted by Crippen LogP contribution is -2.02. The lowest BCUT2D eigenvalue weighted by Gasteiger charge is -2.09. The van der Waals surface area contributed by atoms with Crippen LogP contribution in [-0.2, 0) is 0 Å². The fourth-order valence-corrected chi connectivity index (χ4v) is 2.41. The standard InChI is InChI=1S/C15H11N5/c16-15-11-7-8-17-9-10(11)5-6-14(15)20-13-4-2-1-3-12(13)18-19-20/h1-9H,16H2. The van der Waals surface area contributed by atoms with Crippen molar-refractivity contribution in [3.63, 3.8) is 0 Å². The van der Waals surface area contributed by atoms with E-state index < -0.39 is 0 Å². The van der Waals surface area contributed by atoms with Crippen LogP contribution < -0.4 is 5.73 Å². The molecule has 2 N–H and O–H groups in total. The van der Waals surface area contributed by atoms with Crippen molar-refractivity contribution in [3.8, 4) is 5.69 Å². The molecule has 0 saturated carbocycles. The monoisotopic (exact) mass is 261 g/mol. The Bertz CT molecular complexity index is 926. The molecule has 0 fully saturated rings. The fourth-order valence-electron chi connectivity index (χ4n) is 2.41. The zero-order chi connectivity index (χ0) is 13.5. The van der Waals surface area contributed by atoms with Gasteiger partial charge in [0.25, 0.3) is 0 Å². The minimum Gasteiger partial charge on any atom is -0.396 e. The van der Waals surface area contributed by atoms with Crippen LogP contribution in [0, 0.1) is 0 Å². The molecule has 0 aliphatic rings. The number of para-hydroxylation sites is 1. The molecular weight excluding hydrogens is 250 g/mol. The maximum Gasteiger partial charge on any atom is 0.113 e. The second kappa shape index (κ2) is 4.03. The van der Waals surface area contributed by atoms with Gasteiger partial charge >= 0.3 is 0 Å². The van der Waals surface area contributed by atoms with E-state index in [1.165, 1.54) is 0 Å². The van der Waals surface area contributed by atoms with Crippen LogP contribution in [0.2, 0.25) is 0 Å². The third kappa shape index (κ3) is 1.46. The van der Waals surface area contributed by atoms with Crippen LogP contribution in [-0.4, -0.2) is 20.0 Å². The summed E-state index contributed by atoms with van der Waals surface area (Å²) < 4.78 is 1.77. The fraction of sp³-hybridized carbons (Fsp3) is 0. The highest BCUT2D eigenvalue weighted by Gasteiger charge is 2.10. The average Bonchev–Trinajstić information content (AvgIpc) is 2.92. The number of benzene rings is 2. The number of rotatable bonds is 1. The van der Waals surface area contributed by atoms with Gasteiger partial charge in [0.1, 0.15) is 5.52 Å². The SMILES string of the molecule is Nc1c(-n2nnc3ccccc32)ccc2cnccc12. The number of anilines is 1. The third-order valence-corrected chi connectivity index (χ3v) is 3.42. The molecule has 0 bridgehead atoms. The van der Waals surface area contributed by atoms with Gasteiger partial charge in [0.15, 0.2) is 0 Å². The summed E-state index contributed by atoms with van der Waals surface area (Å²) in [4.78, 5) is 4.11. The van der Waals surface area contributed by atoms with Crippen LogP contribution in [0.5, 0.6) is 0 Å². The van der Waals surface area contributed by atoms with E-state index in [1.807, 2.05) is 42.5 Å². The van der Waals surface area contributed by atoms with Gasteiger partial charge in [0, 0.05) is 23.2 Å². The van der Waals surface area contributed by atoms with Gasteiger partial charge in [-0.05, 0) is 24.3 Å². The molecule has 0 aliphatic heterocycles. The Kier molecular flexibility index (Phi) is 2.20. The number of hydrogen-bond acceptors (Lipinski definition) is 4. The maximum atomic E-state index is 6.28. The molecule has 2 aromatic carbocycles. The summed E-state index contributed by atoms with van der Waals surface area (Å²) in [7, 11) is 0. The molecule has 0 saturated heterocycles. The molecule has 5 heteroatoms. The Morgan fingerprint density at radius 2 is 1.90 bits per heavy atom. The number of fused-ring (bicyclic) bond motifs is 2. The number of pyridine rings is 1. The first-order valence-corrected chi connectivity index (χ1v) is 6.27. The Balaban J connectivity index is 2.05. The second-order valence-electron chi connectivity index (χ2n) is 4.59. The number of aromatic nitrogens is 4. The molecule has 0 aliphatic carbocycles. The van der Waals surface area contributed by atoms with E-state index >= 15 is 0 Å². The van der Waals surface area contributed by atoms with Crippen molar-refractivity contribution in [1.82, 2.24) is 20.0 Å². The van der Waals surface area contributed by atoms with Crippen LogP contribution in [0.4, 0.5) is 5.69 Å². The number of hydrogen-bond donors (Lipinski definition) is 1. The largest absolute Gasteiger partial charge is 0.396 e. The highest BCUT2D eigenvalue weighted by Crippen LogP contribution is 2.28. The zero-order valence-corrected chi connectivity index (χ0v) is 10.6. The summed E-state index contributed by atoms with van der Waals surface area (Å²) in [5.41, 5.74) is 9.58.